The molecule has 3 heteroatoms. The fourth-order valence-electron chi connectivity index (χ4n) is 3.49. The van der Waals surface area contributed by atoms with Crippen LogP contribution in [0.3, 0.4) is 0 Å². The van der Waals surface area contributed by atoms with E-state index in [0.29, 0.717) is 11.1 Å². The molecule has 2 atom stereocenters. The first-order chi connectivity index (χ1) is 10.0. The van der Waals surface area contributed by atoms with E-state index in [9.17, 15) is 0 Å². The second-order valence-electron chi connectivity index (χ2n) is 6.80. The molecule has 1 fully saturated rings. The third-order valence-corrected chi connectivity index (χ3v) is 5.02. The monoisotopic (exact) mass is 327 g/mol. The zero-order valence-corrected chi connectivity index (χ0v) is 14.7. The fraction of sp³-hybridized carbons (Fsp3) is 0.667. The molecule has 1 aromatic carbocycles. The first-order valence-corrected chi connectivity index (χ1v) is 8.97. The summed E-state index contributed by atoms with van der Waals surface area (Å²) in [6, 6.07) is 6.47. The molecule has 0 aliphatic heterocycles. The highest BCUT2D eigenvalue weighted by molar-refractivity contribution is 6.35. The quantitative estimate of drug-likeness (QED) is 0.703. The van der Waals surface area contributed by atoms with Gasteiger partial charge < -0.3 is 5.32 Å². The van der Waals surface area contributed by atoms with Crippen LogP contribution in [0, 0.1) is 11.8 Å². The van der Waals surface area contributed by atoms with E-state index in [1.807, 2.05) is 18.2 Å². The van der Waals surface area contributed by atoms with Gasteiger partial charge in [0.2, 0.25) is 0 Å². The Kier molecular flexibility index (Phi) is 6.85. The van der Waals surface area contributed by atoms with Gasteiger partial charge in [-0.15, -0.1) is 0 Å². The first kappa shape index (κ1) is 17.1. The Balaban J connectivity index is 1.75. The lowest BCUT2D eigenvalue weighted by Crippen LogP contribution is -2.35. The summed E-state index contributed by atoms with van der Waals surface area (Å²) in [7, 11) is 0. The van der Waals surface area contributed by atoms with E-state index in [0.717, 1.165) is 29.8 Å². The molecule has 1 saturated carbocycles. The van der Waals surface area contributed by atoms with Gasteiger partial charge in [-0.2, -0.15) is 0 Å². The predicted molar refractivity (Wildman–Crippen MR) is 93.4 cm³/mol. The highest BCUT2D eigenvalue weighted by atomic mass is 35.5. The van der Waals surface area contributed by atoms with Crippen LogP contribution in [-0.4, -0.2) is 12.6 Å². The van der Waals surface area contributed by atoms with Crippen molar-refractivity contribution in [3.8, 4) is 0 Å². The summed E-state index contributed by atoms with van der Waals surface area (Å²) in [6.07, 6.45) is 7.80. The van der Waals surface area contributed by atoms with Crippen molar-refractivity contribution in [2.75, 3.05) is 6.54 Å². The van der Waals surface area contributed by atoms with E-state index in [4.69, 9.17) is 23.2 Å². The van der Waals surface area contributed by atoms with Gasteiger partial charge in [-0.25, -0.2) is 0 Å². The van der Waals surface area contributed by atoms with Crippen molar-refractivity contribution in [1.29, 1.82) is 0 Å². The third-order valence-electron chi connectivity index (χ3n) is 4.43. The van der Waals surface area contributed by atoms with Crippen LogP contribution in [0.5, 0.6) is 0 Å². The van der Waals surface area contributed by atoms with Crippen LogP contribution >= 0.6 is 23.2 Å². The number of benzene rings is 1. The van der Waals surface area contributed by atoms with Crippen molar-refractivity contribution in [2.24, 2.45) is 11.8 Å². The molecule has 0 aromatic heterocycles. The molecule has 1 nitrogen and oxygen atoms in total. The first-order valence-electron chi connectivity index (χ1n) is 8.22. The average Bonchev–Trinajstić information content (AvgIpc) is 2.41. The molecular weight excluding hydrogens is 301 g/mol. The molecule has 21 heavy (non-hydrogen) atoms. The van der Waals surface area contributed by atoms with Crippen molar-refractivity contribution in [3.63, 3.8) is 0 Å². The normalized spacial score (nSPS) is 22.7. The van der Waals surface area contributed by atoms with Crippen molar-refractivity contribution in [1.82, 2.24) is 5.32 Å². The van der Waals surface area contributed by atoms with Gasteiger partial charge in [0, 0.05) is 16.1 Å². The summed E-state index contributed by atoms with van der Waals surface area (Å²) >= 11 is 12.1. The van der Waals surface area contributed by atoms with E-state index < -0.39 is 0 Å². The van der Waals surface area contributed by atoms with Crippen molar-refractivity contribution < 1.29 is 0 Å². The molecule has 0 bridgehead atoms. The number of nitrogens with one attached hydrogen (secondary N) is 1. The summed E-state index contributed by atoms with van der Waals surface area (Å²) in [6.45, 7) is 5.67. The Morgan fingerprint density at radius 1 is 1.24 bits per heavy atom. The van der Waals surface area contributed by atoms with Crippen LogP contribution < -0.4 is 5.32 Å². The van der Waals surface area contributed by atoms with E-state index >= 15 is 0 Å². The zero-order chi connectivity index (χ0) is 15.2. The Bertz CT molecular complexity index is 445. The molecular formula is C18H27Cl2N. The molecule has 0 saturated heterocycles. The fourth-order valence-corrected chi connectivity index (χ4v) is 4.00. The van der Waals surface area contributed by atoms with Crippen molar-refractivity contribution in [2.45, 2.75) is 58.4 Å². The van der Waals surface area contributed by atoms with Gasteiger partial charge in [0.25, 0.3) is 0 Å². The lowest BCUT2D eigenvalue weighted by Gasteiger charge is -2.31. The molecule has 118 valence electrons. The average molecular weight is 328 g/mol. The molecule has 2 rings (SSSR count). The van der Waals surface area contributed by atoms with Crippen LogP contribution in [0.15, 0.2) is 18.2 Å². The van der Waals surface area contributed by atoms with Gasteiger partial charge in [-0.05, 0) is 61.8 Å². The lowest BCUT2D eigenvalue weighted by molar-refractivity contribution is 0.253. The minimum atomic E-state index is 0.688. The SMILES string of the molecule is CC(C)CC1CCCC(NCCc2ccc(Cl)cc2Cl)C1. The van der Waals surface area contributed by atoms with E-state index in [1.54, 1.807) is 0 Å². The molecule has 0 radical (unpaired) electrons. The summed E-state index contributed by atoms with van der Waals surface area (Å²) in [5, 5.41) is 5.22. The Hall–Kier alpha value is -0.240. The molecule has 1 N–H and O–H groups in total. The summed E-state index contributed by atoms with van der Waals surface area (Å²) in [4.78, 5) is 0. The minimum Gasteiger partial charge on any atom is -0.314 e. The highest BCUT2D eigenvalue weighted by Gasteiger charge is 2.22. The van der Waals surface area contributed by atoms with Crippen molar-refractivity contribution in [3.05, 3.63) is 33.8 Å². The van der Waals surface area contributed by atoms with Gasteiger partial charge in [-0.1, -0.05) is 56.0 Å². The number of rotatable bonds is 6. The molecule has 0 amide bonds. The summed E-state index contributed by atoms with van der Waals surface area (Å²) in [5.41, 5.74) is 1.18. The third kappa shape index (κ3) is 5.81. The summed E-state index contributed by atoms with van der Waals surface area (Å²) < 4.78 is 0. The minimum absolute atomic E-state index is 0.688. The van der Waals surface area contributed by atoms with E-state index in [1.165, 1.54) is 37.7 Å². The van der Waals surface area contributed by atoms with E-state index in [2.05, 4.69) is 19.2 Å². The molecule has 0 heterocycles. The largest absolute Gasteiger partial charge is 0.314 e. The Morgan fingerprint density at radius 3 is 2.76 bits per heavy atom. The number of hydrogen-bond donors (Lipinski definition) is 1. The molecule has 0 spiro atoms. The van der Waals surface area contributed by atoms with Crippen LogP contribution in [-0.2, 0) is 6.42 Å². The summed E-state index contributed by atoms with van der Waals surface area (Å²) in [5.74, 6) is 1.73. The maximum absolute atomic E-state index is 6.22. The standard InChI is InChI=1S/C18H27Cl2N/c1-13(2)10-14-4-3-5-17(11-14)21-9-8-15-6-7-16(19)12-18(15)20/h6-7,12-14,17,21H,3-5,8-11H2,1-2H3. The Labute approximate surface area is 139 Å². The molecule has 1 aliphatic rings. The van der Waals surface area contributed by atoms with Crippen LogP contribution in [0.1, 0.15) is 51.5 Å². The van der Waals surface area contributed by atoms with Crippen LogP contribution in [0.25, 0.3) is 0 Å². The highest BCUT2D eigenvalue weighted by Crippen LogP contribution is 2.29. The number of halogens is 2. The lowest BCUT2D eigenvalue weighted by atomic mass is 9.81. The maximum Gasteiger partial charge on any atom is 0.0453 e. The van der Waals surface area contributed by atoms with Gasteiger partial charge in [0.1, 0.15) is 0 Å². The smallest absolute Gasteiger partial charge is 0.0453 e. The molecule has 1 aromatic rings. The predicted octanol–water partition coefficient (Wildman–Crippen LogP) is 5.73. The van der Waals surface area contributed by atoms with Crippen LogP contribution in [0.2, 0.25) is 10.0 Å². The zero-order valence-electron chi connectivity index (χ0n) is 13.2. The molecule has 1 aliphatic carbocycles. The second kappa shape index (κ2) is 8.41. The van der Waals surface area contributed by atoms with E-state index in [-0.39, 0.29) is 0 Å². The maximum atomic E-state index is 6.22. The van der Waals surface area contributed by atoms with Gasteiger partial charge in [-0.3, -0.25) is 0 Å². The van der Waals surface area contributed by atoms with Gasteiger partial charge in [0.05, 0.1) is 0 Å². The van der Waals surface area contributed by atoms with Crippen molar-refractivity contribution >= 4 is 23.2 Å². The van der Waals surface area contributed by atoms with Crippen LogP contribution in [0.4, 0.5) is 0 Å². The topological polar surface area (TPSA) is 12.0 Å². The molecule has 2 unspecified atom stereocenters. The second-order valence-corrected chi connectivity index (χ2v) is 7.64. The van der Waals surface area contributed by atoms with Gasteiger partial charge in [0.15, 0.2) is 0 Å². The Morgan fingerprint density at radius 2 is 2.05 bits per heavy atom. The van der Waals surface area contributed by atoms with Gasteiger partial charge >= 0.3 is 0 Å². The number of hydrogen-bond acceptors (Lipinski definition) is 1.